The Kier molecular flexibility index (Phi) is 4.57. The van der Waals surface area contributed by atoms with Crippen LogP contribution in [0.25, 0.3) is 10.8 Å². The number of hydrogen-bond donors (Lipinski definition) is 2. The zero-order chi connectivity index (χ0) is 16.2. The van der Waals surface area contributed by atoms with E-state index < -0.39 is 0 Å². The molecule has 4 nitrogen and oxygen atoms in total. The number of halogens is 1. The minimum atomic E-state index is -0.294. The van der Waals surface area contributed by atoms with Gasteiger partial charge in [0.25, 0.3) is 5.91 Å². The van der Waals surface area contributed by atoms with E-state index in [1.54, 1.807) is 18.2 Å². The van der Waals surface area contributed by atoms with Crippen molar-refractivity contribution in [3.8, 4) is 5.75 Å². The third-order valence-corrected chi connectivity index (χ3v) is 4.13. The van der Waals surface area contributed by atoms with Crippen molar-refractivity contribution in [2.45, 2.75) is 0 Å². The van der Waals surface area contributed by atoms with Crippen LogP contribution in [0.15, 0.2) is 65.8 Å². The van der Waals surface area contributed by atoms with E-state index in [4.69, 9.17) is 0 Å². The van der Waals surface area contributed by atoms with Gasteiger partial charge in [-0.15, -0.1) is 0 Å². The second kappa shape index (κ2) is 6.78. The van der Waals surface area contributed by atoms with E-state index >= 15 is 0 Å². The zero-order valence-corrected chi connectivity index (χ0v) is 14.2. The normalized spacial score (nSPS) is 11.0. The third-order valence-electron chi connectivity index (χ3n) is 3.41. The van der Waals surface area contributed by atoms with Gasteiger partial charge in [-0.1, -0.05) is 30.3 Å². The smallest absolute Gasteiger partial charge is 0.271 e. The molecule has 0 spiro atoms. The molecule has 23 heavy (non-hydrogen) atoms. The minimum absolute atomic E-state index is 0.121. The lowest BCUT2D eigenvalue weighted by molar-refractivity contribution is 0.0955. The van der Waals surface area contributed by atoms with Crippen molar-refractivity contribution >= 4 is 45.5 Å². The Morgan fingerprint density at radius 1 is 1.04 bits per heavy atom. The number of phenols is 1. The van der Waals surface area contributed by atoms with Gasteiger partial charge < -0.3 is 5.11 Å². The van der Waals surface area contributed by atoms with Gasteiger partial charge in [0.2, 0.25) is 0 Å². The average molecular weight is 416 g/mol. The number of carbonyl (C=O) groups excluding carboxylic acids is 1. The Morgan fingerprint density at radius 2 is 1.78 bits per heavy atom. The maximum atomic E-state index is 12.0. The van der Waals surface area contributed by atoms with Crippen LogP contribution in [0.2, 0.25) is 0 Å². The van der Waals surface area contributed by atoms with Crippen LogP contribution in [0.4, 0.5) is 0 Å². The molecule has 0 heterocycles. The van der Waals surface area contributed by atoms with Gasteiger partial charge in [-0.2, -0.15) is 5.10 Å². The van der Waals surface area contributed by atoms with Gasteiger partial charge in [0.15, 0.2) is 0 Å². The van der Waals surface area contributed by atoms with Crippen molar-refractivity contribution in [3.63, 3.8) is 0 Å². The molecule has 0 unspecified atom stereocenters. The van der Waals surface area contributed by atoms with Crippen LogP contribution < -0.4 is 5.43 Å². The van der Waals surface area contributed by atoms with Crippen LogP contribution in [0.5, 0.6) is 5.75 Å². The molecule has 114 valence electrons. The molecule has 5 heteroatoms. The summed E-state index contributed by atoms with van der Waals surface area (Å²) in [5.74, 6) is -0.173. The van der Waals surface area contributed by atoms with Gasteiger partial charge >= 0.3 is 0 Å². The Balaban J connectivity index is 1.82. The third kappa shape index (κ3) is 3.50. The minimum Gasteiger partial charge on any atom is -0.507 e. The van der Waals surface area contributed by atoms with Crippen molar-refractivity contribution in [3.05, 3.63) is 75.4 Å². The molecule has 0 saturated heterocycles. The lowest BCUT2D eigenvalue weighted by Gasteiger charge is -2.05. The number of hydrazone groups is 1. The van der Waals surface area contributed by atoms with Crippen LogP contribution in [-0.2, 0) is 0 Å². The van der Waals surface area contributed by atoms with Crippen molar-refractivity contribution in [1.29, 1.82) is 0 Å². The summed E-state index contributed by atoms with van der Waals surface area (Å²) in [6.45, 7) is 0. The summed E-state index contributed by atoms with van der Waals surface area (Å²) < 4.78 is 1.06. The van der Waals surface area contributed by atoms with Gasteiger partial charge in [0, 0.05) is 14.7 Å². The monoisotopic (exact) mass is 416 g/mol. The second-order valence-corrected chi connectivity index (χ2v) is 6.17. The highest BCUT2D eigenvalue weighted by molar-refractivity contribution is 14.1. The van der Waals surface area contributed by atoms with E-state index in [9.17, 15) is 9.90 Å². The highest BCUT2D eigenvalue weighted by Gasteiger charge is 2.06. The number of rotatable bonds is 3. The molecule has 3 aromatic carbocycles. The summed E-state index contributed by atoms with van der Waals surface area (Å²) in [5, 5.41) is 15.9. The SMILES string of the molecule is O=C(N/N=C\c1c(O)ccc2ccccc12)c1ccc(I)cc1. The molecule has 0 atom stereocenters. The molecular weight excluding hydrogens is 403 g/mol. The summed E-state index contributed by atoms with van der Waals surface area (Å²) in [6.07, 6.45) is 1.46. The molecule has 2 N–H and O–H groups in total. The number of benzene rings is 3. The zero-order valence-electron chi connectivity index (χ0n) is 12.0. The van der Waals surface area contributed by atoms with Crippen LogP contribution in [0.1, 0.15) is 15.9 Å². The molecule has 0 aliphatic rings. The van der Waals surface area contributed by atoms with Gasteiger partial charge in [-0.05, 0) is 63.7 Å². The Morgan fingerprint density at radius 3 is 2.57 bits per heavy atom. The van der Waals surface area contributed by atoms with Gasteiger partial charge in [-0.3, -0.25) is 4.79 Å². The first-order valence-corrected chi connectivity index (χ1v) is 8.03. The fourth-order valence-corrected chi connectivity index (χ4v) is 2.60. The first-order valence-electron chi connectivity index (χ1n) is 6.95. The first-order chi connectivity index (χ1) is 11.1. The predicted octanol–water partition coefficient (Wildman–Crippen LogP) is 3.91. The molecular formula is C18H13IN2O2. The van der Waals surface area contributed by atoms with E-state index in [0.29, 0.717) is 11.1 Å². The highest BCUT2D eigenvalue weighted by atomic mass is 127. The van der Waals surface area contributed by atoms with Crippen LogP contribution in [0.3, 0.4) is 0 Å². The van der Waals surface area contributed by atoms with Crippen LogP contribution >= 0.6 is 22.6 Å². The summed E-state index contributed by atoms with van der Waals surface area (Å²) in [7, 11) is 0. The maximum absolute atomic E-state index is 12.0. The lowest BCUT2D eigenvalue weighted by Crippen LogP contribution is -2.17. The molecule has 0 saturated carbocycles. The number of amides is 1. The van der Waals surface area contributed by atoms with Crippen molar-refractivity contribution in [2.75, 3.05) is 0 Å². The van der Waals surface area contributed by atoms with E-state index in [1.807, 2.05) is 42.5 Å². The Labute approximate surface area is 147 Å². The Hall–Kier alpha value is -2.41. The molecule has 3 aromatic rings. The lowest BCUT2D eigenvalue weighted by atomic mass is 10.0. The maximum Gasteiger partial charge on any atom is 0.271 e. The van der Waals surface area contributed by atoms with E-state index in [1.165, 1.54) is 6.21 Å². The molecule has 0 aliphatic heterocycles. The van der Waals surface area contributed by atoms with Gasteiger partial charge in [0.05, 0.1) is 6.21 Å². The number of hydrogen-bond acceptors (Lipinski definition) is 3. The number of carbonyl (C=O) groups is 1. The number of fused-ring (bicyclic) bond motifs is 1. The molecule has 0 fully saturated rings. The van der Waals surface area contributed by atoms with E-state index in [2.05, 4.69) is 33.1 Å². The van der Waals surface area contributed by atoms with Crippen LogP contribution in [-0.4, -0.2) is 17.2 Å². The van der Waals surface area contributed by atoms with E-state index in [-0.39, 0.29) is 11.7 Å². The topological polar surface area (TPSA) is 61.7 Å². The van der Waals surface area contributed by atoms with Crippen molar-refractivity contribution < 1.29 is 9.90 Å². The molecule has 0 aromatic heterocycles. The quantitative estimate of drug-likeness (QED) is 0.387. The van der Waals surface area contributed by atoms with Crippen molar-refractivity contribution in [1.82, 2.24) is 5.43 Å². The molecule has 0 bridgehead atoms. The second-order valence-electron chi connectivity index (χ2n) is 4.93. The number of nitrogens with one attached hydrogen (secondary N) is 1. The summed E-state index contributed by atoms with van der Waals surface area (Å²) >= 11 is 2.18. The highest BCUT2D eigenvalue weighted by Crippen LogP contribution is 2.25. The average Bonchev–Trinajstić information content (AvgIpc) is 2.57. The standard InChI is InChI=1S/C18H13IN2O2/c19-14-8-5-13(6-9-14)18(23)21-20-11-16-15-4-2-1-3-12(15)7-10-17(16)22/h1-11,22H,(H,21,23)/b20-11-. The number of aromatic hydroxyl groups is 1. The summed E-state index contributed by atoms with van der Waals surface area (Å²) in [5.41, 5.74) is 3.58. The number of nitrogens with zero attached hydrogens (tertiary/aromatic N) is 1. The first kappa shape index (κ1) is 15.5. The fourth-order valence-electron chi connectivity index (χ4n) is 2.24. The summed E-state index contributed by atoms with van der Waals surface area (Å²) in [6, 6.07) is 18.3. The van der Waals surface area contributed by atoms with Gasteiger partial charge in [0.1, 0.15) is 5.75 Å². The molecule has 1 amide bonds. The van der Waals surface area contributed by atoms with Crippen molar-refractivity contribution in [2.24, 2.45) is 5.10 Å². The molecule has 0 aliphatic carbocycles. The largest absolute Gasteiger partial charge is 0.507 e. The number of phenolic OH excluding ortho intramolecular Hbond substituents is 1. The van der Waals surface area contributed by atoms with E-state index in [0.717, 1.165) is 14.3 Å². The predicted molar refractivity (Wildman–Crippen MR) is 99.8 cm³/mol. The fraction of sp³-hybridized carbons (Fsp3) is 0. The molecule has 3 rings (SSSR count). The van der Waals surface area contributed by atoms with Crippen LogP contribution in [0, 0.1) is 3.57 Å². The van der Waals surface area contributed by atoms with Gasteiger partial charge in [-0.25, -0.2) is 5.43 Å². The summed E-state index contributed by atoms with van der Waals surface area (Å²) in [4.78, 5) is 12.0. The Bertz CT molecular complexity index is 889. The molecule has 0 radical (unpaired) electrons.